The Bertz CT molecular complexity index is 706. The molecule has 0 spiro atoms. The van der Waals surface area contributed by atoms with E-state index >= 15 is 0 Å². The van der Waals surface area contributed by atoms with Crippen LogP contribution >= 0.6 is 23.2 Å². The number of carbonyl (C=O) groups is 2. The maximum atomic E-state index is 12.2. The van der Waals surface area contributed by atoms with Crippen molar-refractivity contribution in [1.82, 2.24) is 10.2 Å². The number of nitrogens with two attached hydrogens (primary N) is 1. The molecule has 0 atom stereocenters. The predicted octanol–water partition coefficient (Wildman–Crippen LogP) is 2.06. The third kappa shape index (κ3) is 3.90. The number of rotatable bonds is 4. The van der Waals surface area contributed by atoms with Crippen LogP contribution < -0.4 is 11.1 Å². The van der Waals surface area contributed by atoms with E-state index in [4.69, 9.17) is 28.9 Å². The van der Waals surface area contributed by atoms with E-state index in [9.17, 15) is 9.59 Å². The monoisotopic (exact) mass is 324 g/mol. The molecule has 1 aromatic heterocycles. The summed E-state index contributed by atoms with van der Waals surface area (Å²) < 4.78 is 0. The van der Waals surface area contributed by atoms with Gasteiger partial charge in [-0.15, -0.1) is 10.2 Å². The van der Waals surface area contributed by atoms with Gasteiger partial charge in [0.05, 0.1) is 12.0 Å². The van der Waals surface area contributed by atoms with Gasteiger partial charge in [0.25, 0.3) is 5.91 Å². The van der Waals surface area contributed by atoms with Crippen molar-refractivity contribution in [2.45, 2.75) is 6.42 Å². The van der Waals surface area contributed by atoms with Gasteiger partial charge in [0, 0.05) is 5.69 Å². The SMILES string of the molecule is NC(=O)Cc1ccccc1NC(=O)c1cc(Cl)nnc1Cl. The van der Waals surface area contributed by atoms with Gasteiger partial charge in [0.1, 0.15) is 0 Å². The smallest absolute Gasteiger partial charge is 0.258 e. The van der Waals surface area contributed by atoms with Gasteiger partial charge in [0.2, 0.25) is 5.91 Å². The Labute approximate surface area is 130 Å². The number of hydrogen-bond donors (Lipinski definition) is 2. The highest BCUT2D eigenvalue weighted by atomic mass is 35.5. The van der Waals surface area contributed by atoms with Crippen LogP contribution in [0.4, 0.5) is 5.69 Å². The molecule has 2 rings (SSSR count). The molecule has 8 heteroatoms. The number of hydrogen-bond acceptors (Lipinski definition) is 4. The minimum Gasteiger partial charge on any atom is -0.369 e. The van der Waals surface area contributed by atoms with Gasteiger partial charge in [0.15, 0.2) is 10.3 Å². The summed E-state index contributed by atoms with van der Waals surface area (Å²) >= 11 is 11.5. The van der Waals surface area contributed by atoms with E-state index in [2.05, 4.69) is 15.5 Å². The number of nitrogens with one attached hydrogen (secondary N) is 1. The number of primary amides is 1. The van der Waals surface area contributed by atoms with E-state index in [0.29, 0.717) is 11.3 Å². The summed E-state index contributed by atoms with van der Waals surface area (Å²) in [5.74, 6) is -1.00. The third-order valence-electron chi connectivity index (χ3n) is 2.59. The van der Waals surface area contributed by atoms with Crippen LogP contribution in [-0.4, -0.2) is 22.0 Å². The molecule has 0 aliphatic rings. The first-order chi connectivity index (χ1) is 9.97. The van der Waals surface area contributed by atoms with E-state index in [1.165, 1.54) is 6.07 Å². The zero-order valence-electron chi connectivity index (χ0n) is 10.6. The molecule has 0 saturated carbocycles. The molecule has 0 unspecified atom stereocenters. The van der Waals surface area contributed by atoms with Crippen LogP contribution in [0.25, 0.3) is 0 Å². The van der Waals surface area contributed by atoms with Gasteiger partial charge < -0.3 is 11.1 Å². The zero-order valence-corrected chi connectivity index (χ0v) is 12.1. The molecule has 0 aliphatic carbocycles. The fourth-order valence-corrected chi connectivity index (χ4v) is 2.01. The maximum Gasteiger partial charge on any atom is 0.258 e. The quantitative estimate of drug-likeness (QED) is 0.899. The van der Waals surface area contributed by atoms with E-state index in [1.807, 2.05) is 0 Å². The molecular formula is C13H10Cl2N4O2. The second kappa shape index (κ2) is 6.51. The molecule has 1 aromatic carbocycles. The Kier molecular flexibility index (Phi) is 4.72. The number of carbonyl (C=O) groups excluding carboxylic acids is 2. The first kappa shape index (κ1) is 15.2. The number of anilines is 1. The van der Waals surface area contributed by atoms with Crippen molar-refractivity contribution < 1.29 is 9.59 Å². The molecule has 6 nitrogen and oxygen atoms in total. The largest absolute Gasteiger partial charge is 0.369 e. The van der Waals surface area contributed by atoms with Gasteiger partial charge in [-0.3, -0.25) is 9.59 Å². The minimum absolute atomic E-state index is 0.0134. The third-order valence-corrected chi connectivity index (χ3v) is 3.06. The van der Waals surface area contributed by atoms with E-state index in [1.54, 1.807) is 24.3 Å². The highest BCUT2D eigenvalue weighted by Gasteiger charge is 2.15. The topological polar surface area (TPSA) is 98.0 Å². The molecule has 0 fully saturated rings. The van der Waals surface area contributed by atoms with Gasteiger partial charge in [-0.1, -0.05) is 41.4 Å². The summed E-state index contributed by atoms with van der Waals surface area (Å²) in [4.78, 5) is 23.2. The number of nitrogens with zero attached hydrogens (tertiary/aromatic N) is 2. The molecule has 21 heavy (non-hydrogen) atoms. The van der Waals surface area contributed by atoms with Crippen molar-refractivity contribution in [3.63, 3.8) is 0 Å². The van der Waals surface area contributed by atoms with E-state index in [-0.39, 0.29) is 22.3 Å². The fourth-order valence-electron chi connectivity index (χ4n) is 1.69. The lowest BCUT2D eigenvalue weighted by Crippen LogP contribution is -2.18. The molecule has 0 saturated heterocycles. The summed E-state index contributed by atoms with van der Waals surface area (Å²) in [6.45, 7) is 0. The van der Waals surface area contributed by atoms with Gasteiger partial charge in [-0.05, 0) is 17.7 Å². The fraction of sp³-hybridized carbons (Fsp3) is 0.0769. The number of halogens is 2. The molecule has 0 bridgehead atoms. The highest BCUT2D eigenvalue weighted by molar-refractivity contribution is 6.34. The van der Waals surface area contributed by atoms with Crippen molar-refractivity contribution in [2.24, 2.45) is 5.73 Å². The number of amides is 2. The molecule has 2 amide bonds. The van der Waals surface area contributed by atoms with E-state index in [0.717, 1.165) is 0 Å². The van der Waals surface area contributed by atoms with Crippen LogP contribution in [0.5, 0.6) is 0 Å². The molecule has 3 N–H and O–H groups in total. The van der Waals surface area contributed by atoms with Crippen molar-refractivity contribution in [3.05, 3.63) is 51.8 Å². The Morgan fingerprint density at radius 3 is 2.62 bits per heavy atom. The van der Waals surface area contributed by atoms with Gasteiger partial charge in [-0.25, -0.2) is 0 Å². The Balaban J connectivity index is 2.27. The number of para-hydroxylation sites is 1. The Hall–Kier alpha value is -2.18. The number of benzene rings is 1. The molecular weight excluding hydrogens is 315 g/mol. The first-order valence-corrected chi connectivity index (χ1v) is 6.59. The normalized spacial score (nSPS) is 10.2. The lowest BCUT2D eigenvalue weighted by atomic mass is 10.1. The van der Waals surface area contributed by atoms with Crippen LogP contribution in [0.3, 0.4) is 0 Å². The van der Waals surface area contributed by atoms with Crippen molar-refractivity contribution in [2.75, 3.05) is 5.32 Å². The first-order valence-electron chi connectivity index (χ1n) is 5.83. The lowest BCUT2D eigenvalue weighted by Gasteiger charge is -2.10. The van der Waals surface area contributed by atoms with Crippen LogP contribution in [0, 0.1) is 0 Å². The Morgan fingerprint density at radius 1 is 1.19 bits per heavy atom. The summed E-state index contributed by atoms with van der Waals surface area (Å²) in [5.41, 5.74) is 6.32. The lowest BCUT2D eigenvalue weighted by molar-refractivity contribution is -0.117. The molecule has 0 aliphatic heterocycles. The summed E-state index contributed by atoms with van der Waals surface area (Å²) in [7, 11) is 0. The Morgan fingerprint density at radius 2 is 1.90 bits per heavy atom. The van der Waals surface area contributed by atoms with Gasteiger partial charge >= 0.3 is 0 Å². The van der Waals surface area contributed by atoms with Crippen LogP contribution in [-0.2, 0) is 11.2 Å². The average Bonchev–Trinajstić information content (AvgIpc) is 2.43. The number of aromatic nitrogens is 2. The van der Waals surface area contributed by atoms with Crippen LogP contribution in [0.2, 0.25) is 10.3 Å². The molecule has 2 aromatic rings. The predicted molar refractivity (Wildman–Crippen MR) is 79.3 cm³/mol. The van der Waals surface area contributed by atoms with Crippen LogP contribution in [0.1, 0.15) is 15.9 Å². The van der Waals surface area contributed by atoms with Crippen molar-refractivity contribution in [1.29, 1.82) is 0 Å². The molecule has 108 valence electrons. The van der Waals surface area contributed by atoms with E-state index < -0.39 is 11.8 Å². The summed E-state index contributed by atoms with van der Waals surface area (Å²) in [6.07, 6.45) is 0.0134. The molecule has 1 heterocycles. The standard InChI is InChI=1S/C13H10Cl2N4O2/c14-10-6-8(12(15)19-18-10)13(21)17-9-4-2-1-3-7(9)5-11(16)20/h1-4,6H,5H2,(H2,16,20)(H,17,21). The van der Waals surface area contributed by atoms with Crippen molar-refractivity contribution >= 4 is 40.7 Å². The second-order valence-corrected chi connectivity index (χ2v) is 4.87. The summed E-state index contributed by atoms with van der Waals surface area (Å²) in [5, 5.41) is 9.72. The highest BCUT2D eigenvalue weighted by Crippen LogP contribution is 2.20. The van der Waals surface area contributed by atoms with Crippen molar-refractivity contribution in [3.8, 4) is 0 Å². The minimum atomic E-state index is -0.506. The zero-order chi connectivity index (χ0) is 15.4. The molecule has 0 radical (unpaired) electrons. The maximum absolute atomic E-state index is 12.2. The second-order valence-electron chi connectivity index (χ2n) is 4.13. The van der Waals surface area contributed by atoms with Crippen LogP contribution in [0.15, 0.2) is 30.3 Å². The average molecular weight is 325 g/mol. The van der Waals surface area contributed by atoms with Gasteiger partial charge in [-0.2, -0.15) is 0 Å². The summed E-state index contributed by atoms with van der Waals surface area (Å²) in [6, 6.07) is 8.12.